The summed E-state index contributed by atoms with van der Waals surface area (Å²) in [5.74, 6) is 0.366. The molecule has 0 atom stereocenters. The van der Waals surface area contributed by atoms with Gasteiger partial charge in [-0.15, -0.1) is 0 Å². The fourth-order valence-corrected chi connectivity index (χ4v) is 1.65. The van der Waals surface area contributed by atoms with Crippen LogP contribution < -0.4 is 0 Å². The predicted molar refractivity (Wildman–Crippen MR) is 49.3 cm³/mol. The molecule has 1 aromatic carbocycles. The molecule has 0 radical (unpaired) electrons. The molecule has 0 fully saturated rings. The summed E-state index contributed by atoms with van der Waals surface area (Å²) < 4.78 is 2.02. The van der Waals surface area contributed by atoms with E-state index in [9.17, 15) is 5.11 Å². The molecule has 0 aliphatic carbocycles. The number of aromatic hydroxyl groups is 1. The van der Waals surface area contributed by atoms with Gasteiger partial charge in [0.2, 0.25) is 0 Å². The Hall–Kier alpha value is -1.44. The molecule has 62 valence electrons. The standard InChI is InChI=1S/C10H11NO/c1-7-6-11(2)8-4-3-5-9(12)10(7)8/h3-6,12H,1-2H3. The second-order valence-electron chi connectivity index (χ2n) is 3.09. The van der Waals surface area contributed by atoms with Crippen molar-refractivity contribution in [3.05, 3.63) is 30.0 Å². The van der Waals surface area contributed by atoms with Gasteiger partial charge in [0.25, 0.3) is 0 Å². The van der Waals surface area contributed by atoms with Crippen LogP contribution in [0.2, 0.25) is 0 Å². The van der Waals surface area contributed by atoms with E-state index in [1.165, 1.54) is 0 Å². The molecule has 12 heavy (non-hydrogen) atoms. The molecule has 2 rings (SSSR count). The van der Waals surface area contributed by atoms with Crippen molar-refractivity contribution >= 4 is 10.9 Å². The van der Waals surface area contributed by atoms with Crippen molar-refractivity contribution < 1.29 is 5.11 Å². The minimum atomic E-state index is 0.366. The van der Waals surface area contributed by atoms with Crippen LogP contribution in [0.15, 0.2) is 24.4 Å². The summed E-state index contributed by atoms with van der Waals surface area (Å²) in [6.07, 6.45) is 2.02. The number of phenolic OH excluding ortho intramolecular Hbond substituents is 1. The summed E-state index contributed by atoms with van der Waals surface area (Å²) in [6.45, 7) is 2.00. The van der Waals surface area contributed by atoms with E-state index in [4.69, 9.17) is 0 Å². The van der Waals surface area contributed by atoms with Gasteiger partial charge in [0, 0.05) is 18.6 Å². The predicted octanol–water partition coefficient (Wildman–Crippen LogP) is 2.19. The molecule has 0 saturated heterocycles. The van der Waals surface area contributed by atoms with Crippen LogP contribution in [-0.4, -0.2) is 9.67 Å². The highest BCUT2D eigenvalue weighted by molar-refractivity contribution is 5.89. The molecule has 1 aromatic heterocycles. The van der Waals surface area contributed by atoms with Crippen LogP contribution in [0.4, 0.5) is 0 Å². The van der Waals surface area contributed by atoms with Crippen molar-refractivity contribution in [2.24, 2.45) is 7.05 Å². The minimum Gasteiger partial charge on any atom is -0.507 e. The number of nitrogens with zero attached hydrogens (tertiary/aromatic N) is 1. The highest BCUT2D eigenvalue weighted by Gasteiger charge is 2.05. The van der Waals surface area contributed by atoms with Crippen LogP contribution in [0.1, 0.15) is 5.56 Å². The van der Waals surface area contributed by atoms with E-state index in [2.05, 4.69) is 0 Å². The molecule has 0 saturated carbocycles. The molecule has 0 aliphatic heterocycles. The maximum atomic E-state index is 9.55. The van der Waals surface area contributed by atoms with Gasteiger partial charge in [-0.1, -0.05) is 6.07 Å². The average molecular weight is 161 g/mol. The number of benzene rings is 1. The van der Waals surface area contributed by atoms with E-state index in [0.717, 1.165) is 16.5 Å². The van der Waals surface area contributed by atoms with E-state index in [1.807, 2.05) is 36.9 Å². The van der Waals surface area contributed by atoms with Crippen LogP contribution in [0.25, 0.3) is 10.9 Å². The zero-order valence-corrected chi connectivity index (χ0v) is 7.20. The van der Waals surface area contributed by atoms with Crippen LogP contribution in [0, 0.1) is 6.92 Å². The lowest BCUT2D eigenvalue weighted by atomic mass is 10.2. The summed E-state index contributed by atoms with van der Waals surface area (Å²) in [5, 5.41) is 10.5. The number of rotatable bonds is 0. The molecule has 0 bridgehead atoms. The van der Waals surface area contributed by atoms with Gasteiger partial charge in [-0.25, -0.2) is 0 Å². The lowest BCUT2D eigenvalue weighted by Gasteiger charge is -1.96. The Bertz CT molecular complexity index is 429. The summed E-state index contributed by atoms with van der Waals surface area (Å²) in [5.41, 5.74) is 2.19. The van der Waals surface area contributed by atoms with Crippen LogP contribution in [-0.2, 0) is 7.05 Å². The number of fused-ring (bicyclic) bond motifs is 1. The number of aryl methyl sites for hydroxylation is 2. The maximum absolute atomic E-state index is 9.55. The van der Waals surface area contributed by atoms with Gasteiger partial charge in [-0.3, -0.25) is 0 Å². The third-order valence-corrected chi connectivity index (χ3v) is 2.18. The van der Waals surface area contributed by atoms with Gasteiger partial charge in [0.15, 0.2) is 0 Å². The molecule has 1 N–H and O–H groups in total. The molecular formula is C10H11NO. The van der Waals surface area contributed by atoms with Gasteiger partial charge >= 0.3 is 0 Å². The van der Waals surface area contributed by atoms with Crippen molar-refractivity contribution in [3.63, 3.8) is 0 Å². The van der Waals surface area contributed by atoms with Crippen molar-refractivity contribution in [2.45, 2.75) is 6.92 Å². The number of hydrogen-bond donors (Lipinski definition) is 1. The molecule has 2 heteroatoms. The molecule has 2 aromatic rings. The lowest BCUT2D eigenvalue weighted by Crippen LogP contribution is -1.82. The summed E-state index contributed by atoms with van der Waals surface area (Å²) in [4.78, 5) is 0. The monoisotopic (exact) mass is 161 g/mol. The zero-order chi connectivity index (χ0) is 8.72. The number of hydrogen-bond acceptors (Lipinski definition) is 1. The third kappa shape index (κ3) is 0.811. The second-order valence-corrected chi connectivity index (χ2v) is 3.09. The van der Waals surface area contributed by atoms with Gasteiger partial charge in [-0.05, 0) is 24.6 Å². The number of phenols is 1. The summed E-state index contributed by atoms with van der Waals surface area (Å²) >= 11 is 0. The van der Waals surface area contributed by atoms with Gasteiger partial charge in [-0.2, -0.15) is 0 Å². The van der Waals surface area contributed by atoms with E-state index in [1.54, 1.807) is 6.07 Å². The lowest BCUT2D eigenvalue weighted by molar-refractivity contribution is 0.481. The SMILES string of the molecule is Cc1cn(C)c2cccc(O)c12. The summed E-state index contributed by atoms with van der Waals surface area (Å²) in [6, 6.07) is 5.58. The molecule has 0 unspecified atom stereocenters. The molecule has 0 spiro atoms. The first kappa shape index (κ1) is 7.22. The summed E-state index contributed by atoms with van der Waals surface area (Å²) in [7, 11) is 1.98. The van der Waals surface area contributed by atoms with Gasteiger partial charge in [0.05, 0.1) is 5.52 Å². The Labute approximate surface area is 71.1 Å². The third-order valence-electron chi connectivity index (χ3n) is 2.18. The normalized spacial score (nSPS) is 10.8. The molecular weight excluding hydrogens is 150 g/mol. The Kier molecular flexibility index (Phi) is 1.37. The Morgan fingerprint density at radius 2 is 2.08 bits per heavy atom. The average Bonchev–Trinajstić information content (AvgIpc) is 2.29. The smallest absolute Gasteiger partial charge is 0.125 e. The van der Waals surface area contributed by atoms with Crippen LogP contribution in [0.5, 0.6) is 5.75 Å². The van der Waals surface area contributed by atoms with E-state index >= 15 is 0 Å². The quantitative estimate of drug-likeness (QED) is 0.629. The molecule has 1 heterocycles. The van der Waals surface area contributed by atoms with Crippen molar-refractivity contribution in [1.29, 1.82) is 0 Å². The van der Waals surface area contributed by atoms with Gasteiger partial charge in [0.1, 0.15) is 5.75 Å². The Morgan fingerprint density at radius 3 is 2.75 bits per heavy atom. The van der Waals surface area contributed by atoms with E-state index < -0.39 is 0 Å². The Balaban J connectivity index is 2.99. The first-order valence-electron chi connectivity index (χ1n) is 3.94. The first-order valence-corrected chi connectivity index (χ1v) is 3.94. The van der Waals surface area contributed by atoms with E-state index in [0.29, 0.717) is 5.75 Å². The first-order chi connectivity index (χ1) is 5.70. The highest BCUT2D eigenvalue weighted by atomic mass is 16.3. The minimum absolute atomic E-state index is 0.366. The zero-order valence-electron chi connectivity index (χ0n) is 7.20. The van der Waals surface area contributed by atoms with Crippen LogP contribution >= 0.6 is 0 Å². The molecule has 0 amide bonds. The van der Waals surface area contributed by atoms with Crippen molar-refractivity contribution in [1.82, 2.24) is 4.57 Å². The Morgan fingerprint density at radius 1 is 1.33 bits per heavy atom. The highest BCUT2D eigenvalue weighted by Crippen LogP contribution is 2.28. The second kappa shape index (κ2) is 2.27. The maximum Gasteiger partial charge on any atom is 0.125 e. The van der Waals surface area contributed by atoms with Crippen molar-refractivity contribution in [3.8, 4) is 5.75 Å². The molecule has 2 nitrogen and oxygen atoms in total. The topological polar surface area (TPSA) is 25.2 Å². The molecule has 0 aliphatic rings. The van der Waals surface area contributed by atoms with Crippen molar-refractivity contribution in [2.75, 3.05) is 0 Å². The fourth-order valence-electron chi connectivity index (χ4n) is 1.65. The fraction of sp³-hybridized carbons (Fsp3) is 0.200. The van der Waals surface area contributed by atoms with E-state index in [-0.39, 0.29) is 0 Å². The number of aromatic nitrogens is 1. The largest absolute Gasteiger partial charge is 0.507 e. The van der Waals surface area contributed by atoms with Gasteiger partial charge < -0.3 is 9.67 Å². The van der Waals surface area contributed by atoms with Crippen LogP contribution in [0.3, 0.4) is 0 Å².